The van der Waals surface area contributed by atoms with Gasteiger partial charge in [0.2, 0.25) is 5.88 Å². The van der Waals surface area contributed by atoms with Crippen LogP contribution in [0.1, 0.15) is 53.6 Å². The molecule has 6 heteroatoms. The van der Waals surface area contributed by atoms with Crippen LogP contribution in [0, 0.1) is 6.92 Å². The molecule has 2 heterocycles. The van der Waals surface area contributed by atoms with Gasteiger partial charge in [0.05, 0.1) is 24.1 Å². The summed E-state index contributed by atoms with van der Waals surface area (Å²) in [4.78, 5) is 16.3. The van der Waals surface area contributed by atoms with E-state index in [4.69, 9.17) is 9.47 Å². The van der Waals surface area contributed by atoms with Crippen LogP contribution in [0.3, 0.4) is 0 Å². The molecule has 0 aliphatic carbocycles. The normalized spacial score (nSPS) is 12.1. The molecule has 4 rings (SSSR count). The molecule has 4 aromatic rings. The molecule has 2 aromatic carbocycles. The molecule has 0 spiro atoms. The third kappa shape index (κ3) is 4.61. The molecule has 1 atom stereocenters. The molecule has 0 aliphatic rings. The van der Waals surface area contributed by atoms with Gasteiger partial charge in [-0.25, -0.2) is 4.79 Å². The molecular weight excluding hydrogens is 416 g/mol. The van der Waals surface area contributed by atoms with Crippen molar-refractivity contribution in [3.63, 3.8) is 0 Å². The first kappa shape index (κ1) is 22.6. The highest BCUT2D eigenvalue weighted by molar-refractivity contribution is 5.96. The largest absolute Gasteiger partial charge is 0.478 e. The summed E-state index contributed by atoms with van der Waals surface area (Å²) in [7, 11) is 0. The Balaban J connectivity index is 1.76. The van der Waals surface area contributed by atoms with Crippen LogP contribution in [0.2, 0.25) is 0 Å². The fraction of sp³-hybridized carbons (Fsp3) is 0.259. The fourth-order valence-electron chi connectivity index (χ4n) is 3.98. The third-order valence-corrected chi connectivity index (χ3v) is 5.55. The first-order chi connectivity index (χ1) is 16.0. The summed E-state index contributed by atoms with van der Waals surface area (Å²) in [5, 5.41) is 9.54. The number of ether oxygens (including phenoxy) is 2. The Kier molecular flexibility index (Phi) is 6.75. The average molecular weight is 445 g/mol. The number of fused-ring (bicyclic) bond motifs is 1. The summed E-state index contributed by atoms with van der Waals surface area (Å²) >= 11 is 0. The van der Waals surface area contributed by atoms with Crippen molar-refractivity contribution in [3.05, 3.63) is 89.2 Å². The lowest BCUT2D eigenvalue weighted by Gasteiger charge is -2.21. The van der Waals surface area contributed by atoms with Crippen LogP contribution in [-0.2, 0) is 4.74 Å². The number of imidazole rings is 1. The molecule has 2 aromatic heterocycles. The number of carboxylic acids is 1. The van der Waals surface area contributed by atoms with Crippen molar-refractivity contribution in [2.75, 3.05) is 13.2 Å². The molecule has 0 radical (unpaired) electrons. The summed E-state index contributed by atoms with van der Waals surface area (Å²) in [6.45, 7) is 7.20. The molecule has 6 nitrogen and oxygen atoms in total. The third-order valence-electron chi connectivity index (χ3n) is 5.55. The molecular formula is C27H28N2O4. The van der Waals surface area contributed by atoms with Crippen molar-refractivity contribution in [2.24, 2.45) is 0 Å². The molecule has 0 bridgehead atoms. The van der Waals surface area contributed by atoms with E-state index in [2.05, 4.69) is 18.0 Å². The van der Waals surface area contributed by atoms with E-state index < -0.39 is 5.97 Å². The Morgan fingerprint density at radius 2 is 1.82 bits per heavy atom. The van der Waals surface area contributed by atoms with Gasteiger partial charge in [0.1, 0.15) is 11.8 Å². The van der Waals surface area contributed by atoms with Crippen LogP contribution in [0.4, 0.5) is 0 Å². The van der Waals surface area contributed by atoms with Crippen LogP contribution >= 0.6 is 0 Å². The van der Waals surface area contributed by atoms with E-state index in [0.29, 0.717) is 24.7 Å². The second-order valence-electron chi connectivity index (χ2n) is 7.87. The smallest absolute Gasteiger partial charge is 0.336 e. The summed E-state index contributed by atoms with van der Waals surface area (Å²) in [6, 6.07) is 19.0. The molecule has 1 N–H and O–H groups in total. The Morgan fingerprint density at radius 3 is 2.52 bits per heavy atom. The number of nitrogens with zero attached hydrogens (tertiary/aromatic N) is 2. The summed E-state index contributed by atoms with van der Waals surface area (Å²) in [5.74, 6) is -0.353. The second kappa shape index (κ2) is 9.88. The minimum absolute atomic E-state index is 0.283. The molecule has 0 saturated heterocycles. The zero-order valence-corrected chi connectivity index (χ0v) is 19.1. The van der Waals surface area contributed by atoms with Gasteiger partial charge in [-0.1, -0.05) is 55.5 Å². The van der Waals surface area contributed by atoms with E-state index in [9.17, 15) is 9.90 Å². The predicted molar refractivity (Wildman–Crippen MR) is 128 cm³/mol. The van der Waals surface area contributed by atoms with Crippen molar-refractivity contribution in [3.8, 4) is 17.0 Å². The molecule has 0 amide bonds. The van der Waals surface area contributed by atoms with E-state index in [1.54, 1.807) is 12.1 Å². The minimum atomic E-state index is -0.939. The van der Waals surface area contributed by atoms with Gasteiger partial charge in [-0.05, 0) is 54.7 Å². The van der Waals surface area contributed by atoms with Gasteiger partial charge in [0.25, 0.3) is 0 Å². The van der Waals surface area contributed by atoms with E-state index >= 15 is 0 Å². The fourth-order valence-corrected chi connectivity index (χ4v) is 3.98. The topological polar surface area (TPSA) is 73.1 Å². The highest BCUT2D eigenvalue weighted by Crippen LogP contribution is 2.32. The van der Waals surface area contributed by atoms with Crippen molar-refractivity contribution < 1.29 is 19.4 Å². The lowest BCUT2D eigenvalue weighted by molar-refractivity contribution is 0.0697. The zero-order valence-electron chi connectivity index (χ0n) is 19.1. The SMILES string of the molecule is CCCOC(c1ccc(-c2ccccc2C(=O)O)cc1)c1ccc(C)c2nc(OCC)cn12. The quantitative estimate of drug-likeness (QED) is 0.347. The molecule has 0 fully saturated rings. The number of benzene rings is 2. The Bertz CT molecular complexity index is 1260. The number of hydrogen-bond acceptors (Lipinski definition) is 4. The lowest BCUT2D eigenvalue weighted by atomic mass is 9.97. The molecule has 1 unspecified atom stereocenters. The monoisotopic (exact) mass is 444 g/mol. The van der Waals surface area contributed by atoms with Gasteiger partial charge in [0, 0.05) is 6.61 Å². The maximum atomic E-state index is 11.6. The van der Waals surface area contributed by atoms with Gasteiger partial charge in [-0.15, -0.1) is 0 Å². The highest BCUT2D eigenvalue weighted by atomic mass is 16.5. The van der Waals surface area contributed by atoms with Gasteiger partial charge in [-0.2, -0.15) is 4.98 Å². The van der Waals surface area contributed by atoms with Crippen molar-refractivity contribution >= 4 is 11.6 Å². The van der Waals surface area contributed by atoms with Crippen molar-refractivity contribution in [1.29, 1.82) is 0 Å². The van der Waals surface area contributed by atoms with Gasteiger partial charge in [-0.3, -0.25) is 4.40 Å². The van der Waals surface area contributed by atoms with Gasteiger partial charge in [0.15, 0.2) is 0 Å². The number of carbonyl (C=O) groups is 1. The van der Waals surface area contributed by atoms with Crippen molar-refractivity contribution in [1.82, 2.24) is 9.38 Å². The standard InChI is InChI=1S/C27H28N2O4/c1-4-16-33-25(23-15-10-18(3)26-28-24(32-5-2)17-29(23)26)20-13-11-19(12-14-20)21-8-6-7-9-22(21)27(30)31/h6-15,17,25H,4-5,16H2,1-3H3,(H,30,31). The number of carboxylic acid groups (broad SMARTS) is 1. The highest BCUT2D eigenvalue weighted by Gasteiger charge is 2.20. The minimum Gasteiger partial charge on any atom is -0.478 e. The number of aryl methyl sites for hydroxylation is 1. The zero-order chi connectivity index (χ0) is 23.4. The van der Waals surface area contributed by atoms with Gasteiger partial charge >= 0.3 is 5.97 Å². The number of aromatic carboxylic acids is 1. The van der Waals surface area contributed by atoms with Crippen LogP contribution in [0.15, 0.2) is 66.9 Å². The van der Waals surface area contributed by atoms with E-state index in [1.165, 1.54) is 0 Å². The molecule has 33 heavy (non-hydrogen) atoms. The van der Waals surface area contributed by atoms with Crippen LogP contribution in [0.25, 0.3) is 16.8 Å². The average Bonchev–Trinajstić information content (AvgIpc) is 3.26. The van der Waals surface area contributed by atoms with Crippen LogP contribution in [0.5, 0.6) is 5.88 Å². The number of aromatic nitrogens is 2. The number of pyridine rings is 1. The van der Waals surface area contributed by atoms with Crippen molar-refractivity contribution in [2.45, 2.75) is 33.3 Å². The van der Waals surface area contributed by atoms with Crippen LogP contribution in [-0.4, -0.2) is 33.7 Å². The van der Waals surface area contributed by atoms with Gasteiger partial charge < -0.3 is 14.6 Å². The maximum Gasteiger partial charge on any atom is 0.336 e. The number of hydrogen-bond donors (Lipinski definition) is 1. The Morgan fingerprint density at radius 1 is 1.06 bits per heavy atom. The molecule has 0 aliphatic heterocycles. The van der Waals surface area contributed by atoms with Crippen LogP contribution < -0.4 is 4.74 Å². The Labute approximate surface area is 193 Å². The molecule has 0 saturated carbocycles. The summed E-state index contributed by atoms with van der Waals surface area (Å²) in [6.07, 6.45) is 2.49. The van der Waals surface area contributed by atoms with E-state index in [-0.39, 0.29) is 11.7 Å². The summed E-state index contributed by atoms with van der Waals surface area (Å²) < 4.78 is 14.0. The second-order valence-corrected chi connectivity index (χ2v) is 7.87. The Hall–Kier alpha value is -3.64. The number of rotatable bonds is 9. The van der Waals surface area contributed by atoms with E-state index in [0.717, 1.165) is 34.5 Å². The summed E-state index contributed by atoms with van der Waals surface area (Å²) in [5.41, 5.74) is 5.66. The lowest BCUT2D eigenvalue weighted by Crippen LogP contribution is -2.11. The maximum absolute atomic E-state index is 11.6. The molecule has 170 valence electrons. The first-order valence-corrected chi connectivity index (χ1v) is 11.2. The predicted octanol–water partition coefficient (Wildman–Crippen LogP) is 5.92. The van der Waals surface area contributed by atoms with E-state index in [1.807, 2.05) is 66.9 Å². The first-order valence-electron chi connectivity index (χ1n) is 11.2.